The highest BCUT2D eigenvalue weighted by molar-refractivity contribution is 14.1. The van der Waals surface area contributed by atoms with E-state index in [9.17, 15) is 18.0 Å². The van der Waals surface area contributed by atoms with E-state index in [1.165, 1.54) is 18.2 Å². The minimum absolute atomic E-state index is 0.123. The number of likely N-dealkylation sites (N-methyl/N-ethyl adjacent to an activating group) is 1. The van der Waals surface area contributed by atoms with Gasteiger partial charge in [-0.25, -0.2) is 0 Å². The first-order valence-corrected chi connectivity index (χ1v) is 10.5. The highest BCUT2D eigenvalue weighted by atomic mass is 127. The van der Waals surface area contributed by atoms with Crippen molar-refractivity contribution in [3.63, 3.8) is 0 Å². The van der Waals surface area contributed by atoms with E-state index in [1.807, 2.05) is 34.5 Å². The molecule has 1 fully saturated rings. The van der Waals surface area contributed by atoms with Gasteiger partial charge in [-0.2, -0.15) is 13.2 Å². The summed E-state index contributed by atoms with van der Waals surface area (Å²) >= 11 is 7.94. The lowest BCUT2D eigenvalue weighted by Gasteiger charge is -2.33. The third-order valence-electron chi connectivity index (χ3n) is 4.82. The quantitative estimate of drug-likeness (QED) is 0.580. The van der Waals surface area contributed by atoms with Gasteiger partial charge in [-0.3, -0.25) is 4.79 Å². The Hall–Kier alpha value is -1.52. The molecule has 4 nitrogen and oxygen atoms in total. The fraction of sp³-hybridized carbons (Fsp3) is 0.350. The van der Waals surface area contributed by atoms with Crippen LogP contribution in [0, 0.1) is 9.49 Å². The van der Waals surface area contributed by atoms with Crippen molar-refractivity contribution < 1.29 is 18.0 Å². The third-order valence-corrected chi connectivity index (χ3v) is 6.36. The predicted octanol–water partition coefficient (Wildman–Crippen LogP) is 4.44. The van der Waals surface area contributed by atoms with Crippen molar-refractivity contribution in [1.29, 1.82) is 0 Å². The zero-order valence-electron chi connectivity index (χ0n) is 15.6. The lowest BCUT2D eigenvalue weighted by atomic mass is 9.93. The topological polar surface area (TPSA) is 35.6 Å². The molecule has 0 saturated carbocycles. The number of nitrogens with one attached hydrogen (secondary N) is 1. The summed E-state index contributed by atoms with van der Waals surface area (Å²) in [6.45, 7) is 2.98. The van der Waals surface area contributed by atoms with Gasteiger partial charge < -0.3 is 15.1 Å². The number of allylic oxidation sites excluding steroid dienone is 4. The molecule has 29 heavy (non-hydrogen) atoms. The summed E-state index contributed by atoms with van der Waals surface area (Å²) in [5.41, 5.74) is 0.620. The second-order valence-electron chi connectivity index (χ2n) is 7.03. The lowest BCUT2D eigenvalue weighted by molar-refractivity contribution is -0.151. The average Bonchev–Trinajstić information content (AvgIpc) is 2.66. The van der Waals surface area contributed by atoms with Gasteiger partial charge in [0.25, 0.3) is 5.91 Å². The van der Waals surface area contributed by atoms with Crippen LogP contribution in [0.3, 0.4) is 0 Å². The van der Waals surface area contributed by atoms with Gasteiger partial charge in [0.2, 0.25) is 0 Å². The molecule has 1 N–H and O–H groups in total. The molecule has 9 heteroatoms. The first-order valence-electron chi connectivity index (χ1n) is 9.01. The van der Waals surface area contributed by atoms with E-state index in [0.717, 1.165) is 19.2 Å². The molecule has 1 aromatic rings. The number of hydrogen-bond acceptors (Lipinski definition) is 3. The van der Waals surface area contributed by atoms with Crippen LogP contribution in [-0.4, -0.2) is 55.1 Å². The summed E-state index contributed by atoms with van der Waals surface area (Å²) in [4.78, 5) is 16.5. The summed E-state index contributed by atoms with van der Waals surface area (Å²) in [6.07, 6.45) is 1.12. The lowest BCUT2D eigenvalue weighted by Crippen LogP contribution is -2.42. The van der Waals surface area contributed by atoms with Gasteiger partial charge in [0, 0.05) is 47.2 Å². The van der Waals surface area contributed by atoms with Crippen LogP contribution >= 0.6 is 34.2 Å². The second-order valence-corrected chi connectivity index (χ2v) is 8.60. The average molecular weight is 538 g/mol. The molecule has 0 spiro atoms. The number of alkyl halides is 3. The standard InChI is InChI=1S/C20H20ClF3IN3O/c1-27-6-8-28(9-7-27)12-14-2-4-15(11-16(14)20(22,23)24)26-19(29)13-3-5-17(21)18(25)10-13/h2-5,10-12,16H,6-9H2,1H3,(H,26,29). The number of amides is 1. The van der Waals surface area contributed by atoms with Crippen LogP contribution in [0.1, 0.15) is 10.4 Å². The van der Waals surface area contributed by atoms with Crippen LogP contribution in [0.4, 0.5) is 13.2 Å². The monoisotopic (exact) mass is 537 g/mol. The Balaban J connectivity index is 1.77. The Morgan fingerprint density at radius 2 is 1.93 bits per heavy atom. The molecule has 1 saturated heterocycles. The molecule has 2 aliphatic rings. The maximum atomic E-state index is 13.7. The van der Waals surface area contributed by atoms with Crippen LogP contribution in [0.15, 0.2) is 53.9 Å². The van der Waals surface area contributed by atoms with E-state index in [0.29, 0.717) is 27.2 Å². The number of carbonyl (C=O) groups excluding carboxylic acids is 1. The molecule has 1 aliphatic heterocycles. The van der Waals surface area contributed by atoms with Crippen LogP contribution in [0.5, 0.6) is 0 Å². The first-order chi connectivity index (χ1) is 13.6. The number of benzene rings is 1. The molecule has 1 aliphatic carbocycles. The van der Waals surface area contributed by atoms with Crippen LogP contribution in [0.25, 0.3) is 0 Å². The van der Waals surface area contributed by atoms with E-state index in [4.69, 9.17) is 11.6 Å². The van der Waals surface area contributed by atoms with E-state index in [1.54, 1.807) is 18.3 Å². The van der Waals surface area contributed by atoms with Crippen molar-refractivity contribution in [1.82, 2.24) is 15.1 Å². The Bertz CT molecular complexity index is 874. The fourth-order valence-corrected chi connectivity index (χ4v) is 3.75. The van der Waals surface area contributed by atoms with Gasteiger partial charge in [-0.05, 0) is 65.6 Å². The molecular weight excluding hydrogens is 518 g/mol. The van der Waals surface area contributed by atoms with E-state index >= 15 is 0 Å². The number of nitrogens with zero attached hydrogens (tertiary/aromatic N) is 2. The van der Waals surface area contributed by atoms with Crippen molar-refractivity contribution in [2.24, 2.45) is 5.92 Å². The van der Waals surface area contributed by atoms with E-state index in [2.05, 4.69) is 10.2 Å². The molecule has 1 amide bonds. The van der Waals surface area contributed by atoms with Crippen molar-refractivity contribution in [3.05, 3.63) is 68.1 Å². The zero-order valence-corrected chi connectivity index (χ0v) is 18.6. The van der Waals surface area contributed by atoms with Crippen LogP contribution in [-0.2, 0) is 0 Å². The van der Waals surface area contributed by atoms with E-state index in [-0.39, 0.29) is 11.3 Å². The van der Waals surface area contributed by atoms with Crippen molar-refractivity contribution in [2.75, 3.05) is 33.2 Å². The second kappa shape index (κ2) is 9.09. The van der Waals surface area contributed by atoms with Gasteiger partial charge in [0.05, 0.1) is 5.02 Å². The molecular formula is C20H20ClF3IN3O. The van der Waals surface area contributed by atoms with Gasteiger partial charge >= 0.3 is 6.18 Å². The summed E-state index contributed by atoms with van der Waals surface area (Å²) in [5.74, 6) is -2.25. The summed E-state index contributed by atoms with van der Waals surface area (Å²) in [7, 11) is 1.99. The Morgan fingerprint density at radius 3 is 2.55 bits per heavy atom. The number of piperazine rings is 1. The van der Waals surface area contributed by atoms with Crippen LogP contribution in [0.2, 0.25) is 5.02 Å². The predicted molar refractivity (Wildman–Crippen MR) is 116 cm³/mol. The fourth-order valence-electron chi connectivity index (χ4n) is 3.11. The SMILES string of the molecule is CN1CCN(C=C2C=CC(NC(=O)c3ccc(Cl)c(I)c3)=CC2C(F)(F)F)CC1. The number of carbonyl (C=O) groups is 1. The molecule has 3 rings (SSSR count). The number of hydrogen-bond donors (Lipinski definition) is 1. The highest BCUT2D eigenvalue weighted by Crippen LogP contribution is 2.37. The first kappa shape index (κ1) is 22.2. The Labute approximate surface area is 186 Å². The summed E-state index contributed by atoms with van der Waals surface area (Å²) < 4.78 is 41.7. The minimum atomic E-state index is -4.45. The van der Waals surface area contributed by atoms with Gasteiger partial charge in [-0.1, -0.05) is 17.7 Å². The van der Waals surface area contributed by atoms with Gasteiger partial charge in [0.1, 0.15) is 5.92 Å². The number of rotatable bonds is 3. The molecule has 1 heterocycles. The molecule has 0 radical (unpaired) electrons. The van der Waals surface area contributed by atoms with E-state index < -0.39 is 18.0 Å². The molecule has 0 aromatic heterocycles. The molecule has 1 aromatic carbocycles. The Kier molecular flexibility index (Phi) is 6.95. The maximum absolute atomic E-state index is 13.7. The largest absolute Gasteiger partial charge is 0.399 e. The zero-order chi connectivity index (χ0) is 21.2. The van der Waals surface area contributed by atoms with Gasteiger partial charge in [-0.15, -0.1) is 0 Å². The molecule has 156 valence electrons. The van der Waals surface area contributed by atoms with Crippen molar-refractivity contribution in [2.45, 2.75) is 6.18 Å². The summed E-state index contributed by atoms with van der Waals surface area (Å²) in [6, 6.07) is 4.71. The number of halogens is 5. The third kappa shape index (κ3) is 5.76. The summed E-state index contributed by atoms with van der Waals surface area (Å²) in [5, 5.41) is 3.06. The van der Waals surface area contributed by atoms with Gasteiger partial charge in [0.15, 0.2) is 0 Å². The smallest absolute Gasteiger partial charge is 0.375 e. The van der Waals surface area contributed by atoms with Crippen molar-refractivity contribution >= 4 is 40.1 Å². The minimum Gasteiger partial charge on any atom is -0.375 e. The normalized spacial score (nSPS) is 22.0. The molecule has 1 unspecified atom stereocenters. The van der Waals surface area contributed by atoms with Crippen LogP contribution < -0.4 is 5.32 Å². The van der Waals surface area contributed by atoms with Crippen molar-refractivity contribution in [3.8, 4) is 0 Å². The Morgan fingerprint density at radius 1 is 1.24 bits per heavy atom. The molecule has 1 atom stereocenters. The maximum Gasteiger partial charge on any atom is 0.399 e. The highest BCUT2D eigenvalue weighted by Gasteiger charge is 2.41. The molecule has 0 bridgehead atoms.